The summed E-state index contributed by atoms with van der Waals surface area (Å²) in [5.41, 5.74) is 7.84. The van der Waals surface area contributed by atoms with Crippen LogP contribution >= 0.6 is 28.1 Å². The van der Waals surface area contributed by atoms with Crippen LogP contribution in [0.3, 0.4) is 0 Å². The fourth-order valence-electron chi connectivity index (χ4n) is 2.03. The fraction of sp³-hybridized carbons (Fsp3) is 0.462. The minimum atomic E-state index is 0.442. The summed E-state index contributed by atoms with van der Waals surface area (Å²) in [5, 5.41) is 0. The molecule has 1 fully saturated rings. The molecule has 0 bridgehead atoms. The predicted octanol–water partition coefficient (Wildman–Crippen LogP) is 3.46. The monoisotopic (exact) mass is 312 g/mol. The first-order valence-corrected chi connectivity index (χ1v) is 7.19. The molecule has 0 saturated heterocycles. The molecule has 1 aliphatic carbocycles. The van der Waals surface area contributed by atoms with Crippen molar-refractivity contribution < 1.29 is 0 Å². The second kappa shape index (κ2) is 5.36. The van der Waals surface area contributed by atoms with Crippen LogP contribution in [0.15, 0.2) is 22.7 Å². The van der Waals surface area contributed by atoms with Crippen LogP contribution in [0.2, 0.25) is 0 Å². The maximum Gasteiger partial charge on any atom is 0.105 e. The van der Waals surface area contributed by atoms with Gasteiger partial charge < -0.3 is 10.6 Å². The third kappa shape index (κ3) is 2.99. The highest BCUT2D eigenvalue weighted by Gasteiger charge is 2.28. The van der Waals surface area contributed by atoms with Crippen molar-refractivity contribution in [2.24, 2.45) is 5.73 Å². The van der Waals surface area contributed by atoms with Crippen molar-refractivity contribution in [3.8, 4) is 0 Å². The van der Waals surface area contributed by atoms with Gasteiger partial charge in [0, 0.05) is 28.3 Å². The van der Waals surface area contributed by atoms with Crippen molar-refractivity contribution in [1.29, 1.82) is 0 Å². The van der Waals surface area contributed by atoms with E-state index < -0.39 is 0 Å². The topological polar surface area (TPSA) is 29.3 Å². The van der Waals surface area contributed by atoms with Crippen molar-refractivity contribution in [2.45, 2.75) is 32.2 Å². The molecule has 4 heteroatoms. The third-order valence-electron chi connectivity index (χ3n) is 3.00. The molecule has 17 heavy (non-hydrogen) atoms. The van der Waals surface area contributed by atoms with Gasteiger partial charge in [0.05, 0.1) is 0 Å². The van der Waals surface area contributed by atoms with Crippen molar-refractivity contribution in [3.63, 3.8) is 0 Å². The molecule has 2 nitrogen and oxygen atoms in total. The summed E-state index contributed by atoms with van der Waals surface area (Å²) in [4.78, 5) is 2.92. The lowest BCUT2D eigenvalue weighted by molar-refractivity contribution is 0.763. The molecule has 2 rings (SSSR count). The van der Waals surface area contributed by atoms with Crippen LogP contribution in [0.5, 0.6) is 0 Å². The lowest BCUT2D eigenvalue weighted by Gasteiger charge is -2.24. The van der Waals surface area contributed by atoms with Gasteiger partial charge in [-0.2, -0.15) is 0 Å². The summed E-state index contributed by atoms with van der Waals surface area (Å²) in [7, 11) is 0. The molecule has 0 aromatic heterocycles. The molecule has 2 N–H and O–H groups in total. The normalized spacial score (nSPS) is 14.7. The molecule has 0 aliphatic heterocycles. The molecule has 1 aromatic rings. The van der Waals surface area contributed by atoms with Crippen LogP contribution in [0.25, 0.3) is 0 Å². The predicted molar refractivity (Wildman–Crippen MR) is 80.7 cm³/mol. The smallest absolute Gasteiger partial charge is 0.105 e. The summed E-state index contributed by atoms with van der Waals surface area (Å²) in [5.74, 6) is 0. The maximum absolute atomic E-state index is 5.66. The van der Waals surface area contributed by atoms with Crippen LogP contribution in [0, 0.1) is 0 Å². The van der Waals surface area contributed by atoms with Gasteiger partial charge in [0.15, 0.2) is 0 Å². The van der Waals surface area contributed by atoms with E-state index in [1.165, 1.54) is 24.9 Å². The van der Waals surface area contributed by atoms with Gasteiger partial charge >= 0.3 is 0 Å². The maximum atomic E-state index is 5.66. The number of rotatable bonds is 5. The van der Waals surface area contributed by atoms with Crippen LogP contribution in [0.4, 0.5) is 5.69 Å². The number of hydrogen-bond donors (Lipinski definition) is 1. The molecule has 0 heterocycles. The lowest BCUT2D eigenvalue weighted by atomic mass is 10.2. The van der Waals surface area contributed by atoms with Crippen LogP contribution < -0.4 is 10.6 Å². The molecular formula is C13H17BrN2S. The number of benzene rings is 1. The second-order valence-corrected chi connectivity index (χ2v) is 5.75. The van der Waals surface area contributed by atoms with Gasteiger partial charge in [0.25, 0.3) is 0 Å². The highest BCUT2D eigenvalue weighted by Crippen LogP contribution is 2.33. The molecule has 0 amide bonds. The third-order valence-corrected chi connectivity index (χ3v) is 3.88. The first kappa shape index (κ1) is 12.8. The zero-order chi connectivity index (χ0) is 12.4. The Hall–Kier alpha value is -0.610. The van der Waals surface area contributed by atoms with Gasteiger partial charge in [-0.05, 0) is 53.4 Å². The number of halogens is 1. The number of thiocarbonyl (C=S) groups is 1. The Morgan fingerprint density at radius 1 is 1.53 bits per heavy atom. The Bertz CT molecular complexity index is 429. The van der Waals surface area contributed by atoms with E-state index in [0.717, 1.165) is 22.6 Å². The van der Waals surface area contributed by atoms with E-state index in [1.807, 2.05) is 6.07 Å². The van der Waals surface area contributed by atoms with Crippen LogP contribution in [-0.4, -0.2) is 17.6 Å². The molecule has 0 spiro atoms. The minimum Gasteiger partial charge on any atom is -0.389 e. The van der Waals surface area contributed by atoms with Gasteiger partial charge in [-0.25, -0.2) is 0 Å². The zero-order valence-electron chi connectivity index (χ0n) is 9.95. The van der Waals surface area contributed by atoms with E-state index in [1.54, 1.807) is 0 Å². The highest BCUT2D eigenvalue weighted by molar-refractivity contribution is 9.10. The van der Waals surface area contributed by atoms with Crippen molar-refractivity contribution in [1.82, 2.24) is 0 Å². The molecule has 1 saturated carbocycles. The van der Waals surface area contributed by atoms with E-state index in [4.69, 9.17) is 18.0 Å². The summed E-state index contributed by atoms with van der Waals surface area (Å²) >= 11 is 8.55. The van der Waals surface area contributed by atoms with E-state index in [9.17, 15) is 0 Å². The lowest BCUT2D eigenvalue weighted by Crippen LogP contribution is -2.26. The molecule has 0 atom stereocenters. The summed E-state index contributed by atoms with van der Waals surface area (Å²) in [6, 6.07) is 6.99. The first-order valence-electron chi connectivity index (χ1n) is 5.99. The summed E-state index contributed by atoms with van der Waals surface area (Å²) in [6.07, 6.45) is 3.80. The number of nitrogens with two attached hydrogens (primary N) is 1. The zero-order valence-corrected chi connectivity index (χ0v) is 12.4. The molecule has 1 aliphatic rings. The second-order valence-electron chi connectivity index (χ2n) is 4.45. The Balaban J connectivity index is 2.25. The molecule has 0 radical (unpaired) electrons. The van der Waals surface area contributed by atoms with Gasteiger partial charge in [-0.3, -0.25) is 0 Å². The Morgan fingerprint density at radius 3 is 2.71 bits per heavy atom. The number of anilines is 1. The number of hydrogen-bond acceptors (Lipinski definition) is 2. The van der Waals surface area contributed by atoms with Crippen molar-refractivity contribution >= 4 is 38.8 Å². The van der Waals surface area contributed by atoms with Crippen molar-refractivity contribution in [3.05, 3.63) is 28.2 Å². The quantitative estimate of drug-likeness (QED) is 0.844. The summed E-state index contributed by atoms with van der Waals surface area (Å²) in [6.45, 7) is 3.33. The van der Waals surface area contributed by atoms with Crippen LogP contribution in [-0.2, 0) is 0 Å². The van der Waals surface area contributed by atoms with E-state index in [2.05, 4.69) is 39.9 Å². The standard InChI is InChI=1S/C13H17BrN2S/c1-2-7-16(9-3-4-9)10-5-6-11(13(15)17)12(14)8-10/h5-6,8-9H,2-4,7H2,1H3,(H2,15,17). The van der Waals surface area contributed by atoms with Gasteiger partial charge in [0.2, 0.25) is 0 Å². The fourth-order valence-corrected chi connectivity index (χ4v) is 2.92. The molecule has 92 valence electrons. The highest BCUT2D eigenvalue weighted by atomic mass is 79.9. The van der Waals surface area contributed by atoms with Gasteiger partial charge in [-0.1, -0.05) is 19.1 Å². The average molecular weight is 313 g/mol. The average Bonchev–Trinajstić information content (AvgIpc) is 3.09. The van der Waals surface area contributed by atoms with E-state index in [-0.39, 0.29) is 0 Å². The SMILES string of the molecule is CCCN(c1ccc(C(N)=S)c(Br)c1)C1CC1. The molecular weight excluding hydrogens is 296 g/mol. The first-order chi connectivity index (χ1) is 8.13. The van der Waals surface area contributed by atoms with E-state index >= 15 is 0 Å². The van der Waals surface area contributed by atoms with Gasteiger partial charge in [-0.15, -0.1) is 0 Å². The van der Waals surface area contributed by atoms with Crippen LogP contribution in [0.1, 0.15) is 31.7 Å². The largest absolute Gasteiger partial charge is 0.389 e. The minimum absolute atomic E-state index is 0.442. The van der Waals surface area contributed by atoms with E-state index in [0.29, 0.717) is 4.99 Å². The van der Waals surface area contributed by atoms with Crippen molar-refractivity contribution in [2.75, 3.05) is 11.4 Å². The Kier molecular flexibility index (Phi) is 4.05. The summed E-state index contributed by atoms with van der Waals surface area (Å²) < 4.78 is 0.990. The number of nitrogens with zero attached hydrogens (tertiary/aromatic N) is 1. The molecule has 0 unspecified atom stereocenters. The Labute approximate surface area is 116 Å². The Morgan fingerprint density at radius 2 is 2.24 bits per heavy atom. The molecule has 1 aromatic carbocycles. The van der Waals surface area contributed by atoms with Gasteiger partial charge in [0.1, 0.15) is 4.99 Å².